The van der Waals surface area contributed by atoms with Gasteiger partial charge in [0.05, 0.1) is 35.6 Å². The Balaban J connectivity index is 2.35. The van der Waals surface area contributed by atoms with Crippen LogP contribution in [-0.4, -0.2) is 36.6 Å². The van der Waals surface area contributed by atoms with E-state index in [1.807, 2.05) is 20.8 Å². The Morgan fingerprint density at radius 1 is 0.909 bits per heavy atom. The van der Waals surface area contributed by atoms with E-state index in [4.69, 9.17) is 14.2 Å². The van der Waals surface area contributed by atoms with E-state index in [1.54, 1.807) is 50.2 Å². The lowest BCUT2D eigenvalue weighted by atomic mass is 10.1. The minimum atomic E-state index is -0.472. The molecule has 2 N–H and O–H groups in total. The van der Waals surface area contributed by atoms with Gasteiger partial charge < -0.3 is 24.8 Å². The quantitative estimate of drug-likeness (QED) is 0.486. The van der Waals surface area contributed by atoms with Gasteiger partial charge in [-0.15, -0.1) is 0 Å². The predicted molar refractivity (Wildman–Crippen MR) is 127 cm³/mol. The molecule has 2 aromatic carbocycles. The Morgan fingerprint density at radius 2 is 1.64 bits per heavy atom. The van der Waals surface area contributed by atoms with Gasteiger partial charge >= 0.3 is 5.97 Å². The molecule has 2 amide bonds. The topological polar surface area (TPSA) is 103 Å². The van der Waals surface area contributed by atoms with Crippen LogP contribution in [-0.2, 0) is 9.53 Å². The second kappa shape index (κ2) is 11.9. The van der Waals surface area contributed by atoms with Gasteiger partial charge in [0.15, 0.2) is 0 Å². The first-order chi connectivity index (χ1) is 15.6. The Hall–Kier alpha value is -3.55. The summed E-state index contributed by atoms with van der Waals surface area (Å²) in [5.74, 6) is -0.409. The largest absolute Gasteiger partial charge is 0.493 e. The highest BCUT2D eigenvalue weighted by Gasteiger charge is 2.19. The molecule has 2 aromatic rings. The van der Waals surface area contributed by atoms with Crippen LogP contribution in [0.1, 0.15) is 68.7 Å². The van der Waals surface area contributed by atoms with Gasteiger partial charge in [0.1, 0.15) is 11.5 Å². The smallest absolute Gasteiger partial charge is 0.338 e. The number of benzene rings is 2. The highest BCUT2D eigenvalue weighted by atomic mass is 16.5. The third-order valence-corrected chi connectivity index (χ3v) is 4.18. The number of rotatable bonds is 10. The average Bonchev–Trinajstić information content (AvgIpc) is 2.72. The molecule has 178 valence electrons. The molecule has 2 rings (SSSR count). The second-order valence-corrected chi connectivity index (χ2v) is 8.03. The summed E-state index contributed by atoms with van der Waals surface area (Å²) in [5, 5.41) is 5.52. The summed E-state index contributed by atoms with van der Waals surface area (Å²) < 4.78 is 16.8. The van der Waals surface area contributed by atoms with Gasteiger partial charge in [-0.3, -0.25) is 9.59 Å². The molecule has 0 spiro atoms. The summed E-state index contributed by atoms with van der Waals surface area (Å²) in [6.45, 7) is 11.0. The van der Waals surface area contributed by atoms with Crippen molar-refractivity contribution in [3.63, 3.8) is 0 Å². The van der Waals surface area contributed by atoms with Crippen molar-refractivity contribution in [1.29, 1.82) is 0 Å². The molecule has 0 atom stereocenters. The van der Waals surface area contributed by atoms with Gasteiger partial charge in [0.25, 0.3) is 5.91 Å². The van der Waals surface area contributed by atoms with E-state index < -0.39 is 11.9 Å². The highest BCUT2D eigenvalue weighted by Crippen LogP contribution is 2.30. The number of amides is 2. The van der Waals surface area contributed by atoms with E-state index in [0.29, 0.717) is 40.6 Å². The van der Waals surface area contributed by atoms with Crippen molar-refractivity contribution in [2.75, 3.05) is 17.2 Å². The Morgan fingerprint density at radius 3 is 2.24 bits per heavy atom. The molecule has 0 fully saturated rings. The maximum Gasteiger partial charge on any atom is 0.338 e. The average molecular weight is 457 g/mol. The van der Waals surface area contributed by atoms with Crippen molar-refractivity contribution in [3.8, 4) is 11.5 Å². The van der Waals surface area contributed by atoms with Crippen LogP contribution in [0.5, 0.6) is 11.5 Å². The van der Waals surface area contributed by atoms with Crippen LogP contribution in [0.4, 0.5) is 11.4 Å². The van der Waals surface area contributed by atoms with Gasteiger partial charge in [0.2, 0.25) is 5.91 Å². The lowest BCUT2D eigenvalue weighted by Gasteiger charge is -2.18. The first-order valence-corrected chi connectivity index (χ1v) is 11.0. The number of carbonyl (C=O) groups excluding carboxylic acids is 3. The summed E-state index contributed by atoms with van der Waals surface area (Å²) in [7, 11) is 0. The predicted octanol–water partition coefficient (Wildman–Crippen LogP) is 5.04. The molecule has 0 heterocycles. The van der Waals surface area contributed by atoms with Crippen LogP contribution in [0.15, 0.2) is 36.4 Å². The number of hydrogen-bond donors (Lipinski definition) is 2. The fourth-order valence-corrected chi connectivity index (χ4v) is 2.90. The minimum absolute atomic E-state index is 0.183. The maximum absolute atomic E-state index is 13.1. The van der Waals surface area contributed by atoms with Crippen LogP contribution < -0.4 is 20.1 Å². The molecule has 0 aliphatic carbocycles. The Labute approximate surface area is 194 Å². The van der Waals surface area contributed by atoms with E-state index in [-0.39, 0.29) is 18.1 Å². The van der Waals surface area contributed by atoms with Crippen molar-refractivity contribution >= 4 is 29.2 Å². The molecule has 0 saturated heterocycles. The van der Waals surface area contributed by atoms with Gasteiger partial charge in [-0.05, 0) is 64.4 Å². The molecular weight excluding hydrogens is 424 g/mol. The zero-order valence-corrected chi connectivity index (χ0v) is 20.0. The van der Waals surface area contributed by atoms with Gasteiger partial charge in [-0.1, -0.05) is 6.92 Å². The van der Waals surface area contributed by atoms with Crippen molar-refractivity contribution in [2.24, 2.45) is 0 Å². The van der Waals surface area contributed by atoms with Crippen molar-refractivity contribution in [1.82, 2.24) is 0 Å². The number of ether oxygens (including phenoxy) is 3. The van der Waals surface area contributed by atoms with Crippen LogP contribution in [0.3, 0.4) is 0 Å². The first-order valence-electron chi connectivity index (χ1n) is 11.0. The van der Waals surface area contributed by atoms with Gasteiger partial charge in [-0.25, -0.2) is 4.79 Å². The maximum atomic E-state index is 13.1. The monoisotopic (exact) mass is 456 g/mol. The van der Waals surface area contributed by atoms with Crippen molar-refractivity contribution < 1.29 is 28.6 Å². The number of carbonyl (C=O) groups is 3. The molecular formula is C25H32N2O6. The summed E-state index contributed by atoms with van der Waals surface area (Å²) in [6.07, 6.45) is 0.317. The zero-order valence-electron chi connectivity index (χ0n) is 20.0. The van der Waals surface area contributed by atoms with E-state index in [1.165, 1.54) is 6.92 Å². The lowest BCUT2D eigenvalue weighted by molar-refractivity contribution is -0.114. The molecule has 0 aliphatic heterocycles. The lowest BCUT2D eigenvalue weighted by Crippen LogP contribution is -2.17. The fraction of sp³-hybridized carbons (Fsp3) is 0.400. The molecule has 0 aromatic heterocycles. The van der Waals surface area contributed by atoms with Crippen LogP contribution in [0.25, 0.3) is 0 Å². The molecule has 0 unspecified atom stereocenters. The molecule has 0 saturated carbocycles. The molecule has 0 bridgehead atoms. The van der Waals surface area contributed by atoms with Crippen molar-refractivity contribution in [2.45, 2.75) is 60.2 Å². The number of nitrogens with one attached hydrogen (secondary N) is 2. The highest BCUT2D eigenvalue weighted by molar-refractivity contribution is 6.07. The molecule has 0 aliphatic rings. The normalized spacial score (nSPS) is 10.7. The summed E-state index contributed by atoms with van der Waals surface area (Å²) in [4.78, 5) is 36.8. The van der Waals surface area contributed by atoms with Crippen LogP contribution >= 0.6 is 0 Å². The Bertz CT molecular complexity index is 1000. The number of esters is 1. The second-order valence-electron chi connectivity index (χ2n) is 8.03. The first kappa shape index (κ1) is 25.7. The summed E-state index contributed by atoms with van der Waals surface area (Å²) >= 11 is 0. The van der Waals surface area contributed by atoms with Crippen LogP contribution in [0.2, 0.25) is 0 Å². The molecule has 0 radical (unpaired) electrons. The SMILES string of the molecule is CCCOc1cc(NC(C)=O)ccc1C(=O)Nc1ccc(C(=O)OC(C)C)cc1OC(C)C. The Kier molecular flexibility index (Phi) is 9.27. The molecule has 33 heavy (non-hydrogen) atoms. The number of anilines is 2. The standard InChI is InChI=1S/C25H32N2O6/c1-7-12-31-22-14-19(26-17(6)28)9-10-20(22)24(29)27-21-11-8-18(25(30)33-16(4)5)13-23(21)32-15(2)3/h8-11,13-16H,7,12H2,1-6H3,(H,26,28)(H,27,29). The fourth-order valence-electron chi connectivity index (χ4n) is 2.90. The number of hydrogen-bond acceptors (Lipinski definition) is 6. The zero-order chi connectivity index (χ0) is 24.5. The van der Waals surface area contributed by atoms with E-state index in [2.05, 4.69) is 10.6 Å². The van der Waals surface area contributed by atoms with E-state index in [0.717, 1.165) is 6.42 Å². The van der Waals surface area contributed by atoms with E-state index >= 15 is 0 Å². The minimum Gasteiger partial charge on any atom is -0.493 e. The third-order valence-electron chi connectivity index (χ3n) is 4.18. The summed E-state index contributed by atoms with van der Waals surface area (Å²) in [6, 6.07) is 9.55. The molecule has 8 nitrogen and oxygen atoms in total. The molecule has 8 heteroatoms. The van der Waals surface area contributed by atoms with Crippen LogP contribution in [0, 0.1) is 0 Å². The van der Waals surface area contributed by atoms with Gasteiger partial charge in [0, 0.05) is 18.7 Å². The third kappa shape index (κ3) is 7.82. The van der Waals surface area contributed by atoms with Gasteiger partial charge in [-0.2, -0.15) is 0 Å². The summed E-state index contributed by atoms with van der Waals surface area (Å²) in [5.41, 5.74) is 1.56. The van der Waals surface area contributed by atoms with E-state index in [9.17, 15) is 14.4 Å². The van der Waals surface area contributed by atoms with Crippen molar-refractivity contribution in [3.05, 3.63) is 47.5 Å².